The number of aryl methyl sites for hydroxylation is 1. The minimum Gasteiger partial charge on any atom is -0.380 e. The Kier molecular flexibility index (Phi) is 3.61. The molecule has 0 radical (unpaired) electrons. The van der Waals surface area contributed by atoms with E-state index in [1.165, 1.54) is 19.3 Å². The molecule has 1 aliphatic heterocycles. The highest BCUT2D eigenvalue weighted by molar-refractivity contribution is 4.97. The number of aromatic nitrogens is 2. The van der Waals surface area contributed by atoms with Crippen molar-refractivity contribution < 1.29 is 9.26 Å². The van der Waals surface area contributed by atoms with Crippen LogP contribution in [0, 0.1) is 12.8 Å². The summed E-state index contributed by atoms with van der Waals surface area (Å²) < 4.78 is 10.8. The largest absolute Gasteiger partial charge is 0.380 e. The van der Waals surface area contributed by atoms with Crippen LogP contribution in [0.3, 0.4) is 0 Å². The number of rotatable bonds is 6. The van der Waals surface area contributed by atoms with Crippen LogP contribution >= 0.6 is 0 Å². The van der Waals surface area contributed by atoms with Gasteiger partial charge in [0.05, 0.1) is 12.6 Å². The summed E-state index contributed by atoms with van der Waals surface area (Å²) in [6, 6.07) is 0.326. The second-order valence-corrected chi connectivity index (χ2v) is 5.38. The molecule has 1 saturated carbocycles. The molecule has 1 saturated heterocycles. The molecular weight excluding hydrogens is 230 g/mol. The van der Waals surface area contributed by atoms with Gasteiger partial charge < -0.3 is 9.26 Å². The molecule has 2 heterocycles. The zero-order valence-electron chi connectivity index (χ0n) is 11.0. The fraction of sp³-hybridized carbons (Fsp3) is 0.846. The lowest BCUT2D eigenvalue weighted by molar-refractivity contribution is 0.0908. The van der Waals surface area contributed by atoms with Gasteiger partial charge in [-0.05, 0) is 38.1 Å². The number of hydrogen-bond donors (Lipinski definition) is 0. The van der Waals surface area contributed by atoms with E-state index >= 15 is 0 Å². The predicted octanol–water partition coefficient (Wildman–Crippen LogP) is 1.94. The van der Waals surface area contributed by atoms with Gasteiger partial charge in [-0.3, -0.25) is 4.90 Å². The first kappa shape index (κ1) is 12.1. The van der Waals surface area contributed by atoms with E-state index < -0.39 is 0 Å². The maximum Gasteiger partial charge on any atom is 0.223 e. The number of nitrogens with zero attached hydrogens (tertiary/aromatic N) is 3. The molecule has 18 heavy (non-hydrogen) atoms. The molecule has 2 fully saturated rings. The SMILES string of the molecule is Cc1nc([C@@H]2CCCN2CCOCC2CC2)no1. The molecule has 1 atom stereocenters. The van der Waals surface area contributed by atoms with Crippen molar-refractivity contribution in [3.05, 3.63) is 11.7 Å². The first-order valence-electron chi connectivity index (χ1n) is 6.95. The maximum atomic E-state index is 5.70. The molecule has 5 heteroatoms. The van der Waals surface area contributed by atoms with Crippen molar-refractivity contribution in [1.29, 1.82) is 0 Å². The Hall–Kier alpha value is -0.940. The van der Waals surface area contributed by atoms with E-state index in [9.17, 15) is 0 Å². The third-order valence-corrected chi connectivity index (χ3v) is 3.78. The molecule has 100 valence electrons. The molecule has 1 aromatic rings. The smallest absolute Gasteiger partial charge is 0.223 e. The van der Waals surface area contributed by atoms with Crippen LogP contribution < -0.4 is 0 Å². The Balaban J connectivity index is 1.47. The molecule has 5 nitrogen and oxygen atoms in total. The van der Waals surface area contributed by atoms with Crippen molar-refractivity contribution >= 4 is 0 Å². The minimum absolute atomic E-state index is 0.326. The molecule has 2 aliphatic rings. The summed E-state index contributed by atoms with van der Waals surface area (Å²) in [7, 11) is 0. The van der Waals surface area contributed by atoms with E-state index in [2.05, 4.69) is 15.0 Å². The van der Waals surface area contributed by atoms with Gasteiger partial charge in [0, 0.05) is 20.1 Å². The van der Waals surface area contributed by atoms with Gasteiger partial charge in [-0.1, -0.05) is 5.16 Å². The summed E-state index contributed by atoms with van der Waals surface area (Å²) in [5.74, 6) is 2.34. The standard InChI is InChI=1S/C13H21N3O2/c1-10-14-13(15-18-10)12-3-2-6-16(12)7-8-17-9-11-4-5-11/h11-12H,2-9H2,1H3/t12-/m0/s1. The normalized spacial score (nSPS) is 24.8. The van der Waals surface area contributed by atoms with Crippen molar-refractivity contribution in [1.82, 2.24) is 15.0 Å². The molecule has 0 aromatic carbocycles. The molecule has 0 unspecified atom stereocenters. The summed E-state index contributed by atoms with van der Waals surface area (Å²) >= 11 is 0. The summed E-state index contributed by atoms with van der Waals surface area (Å²) in [5, 5.41) is 4.05. The van der Waals surface area contributed by atoms with E-state index in [4.69, 9.17) is 9.26 Å². The predicted molar refractivity (Wildman–Crippen MR) is 66.1 cm³/mol. The average molecular weight is 251 g/mol. The third kappa shape index (κ3) is 2.90. The Bertz CT molecular complexity index is 389. The van der Waals surface area contributed by atoms with Gasteiger partial charge in [0.2, 0.25) is 5.89 Å². The minimum atomic E-state index is 0.326. The summed E-state index contributed by atoms with van der Waals surface area (Å²) in [5.41, 5.74) is 0. The van der Waals surface area contributed by atoms with Gasteiger partial charge in [0.25, 0.3) is 0 Å². The first-order valence-corrected chi connectivity index (χ1v) is 6.95. The van der Waals surface area contributed by atoms with Crippen molar-refractivity contribution in [2.24, 2.45) is 5.92 Å². The van der Waals surface area contributed by atoms with Crippen molar-refractivity contribution in [2.45, 2.75) is 38.6 Å². The fourth-order valence-corrected chi connectivity index (χ4v) is 2.55. The van der Waals surface area contributed by atoms with Crippen molar-refractivity contribution in [3.63, 3.8) is 0 Å². The van der Waals surface area contributed by atoms with E-state index in [1.54, 1.807) is 0 Å². The number of hydrogen-bond acceptors (Lipinski definition) is 5. The third-order valence-electron chi connectivity index (χ3n) is 3.78. The van der Waals surface area contributed by atoms with Crippen LogP contribution in [0.4, 0.5) is 0 Å². The molecule has 0 spiro atoms. The number of ether oxygens (including phenoxy) is 1. The number of likely N-dealkylation sites (tertiary alicyclic amines) is 1. The fourth-order valence-electron chi connectivity index (χ4n) is 2.55. The topological polar surface area (TPSA) is 51.4 Å². The Morgan fingerprint density at radius 2 is 2.28 bits per heavy atom. The second kappa shape index (κ2) is 5.36. The Morgan fingerprint density at radius 3 is 3.00 bits per heavy atom. The van der Waals surface area contributed by atoms with Gasteiger partial charge in [0.15, 0.2) is 5.82 Å². The quantitative estimate of drug-likeness (QED) is 0.723. The van der Waals surface area contributed by atoms with Gasteiger partial charge in [-0.2, -0.15) is 4.98 Å². The van der Waals surface area contributed by atoms with Crippen LogP contribution in [0.5, 0.6) is 0 Å². The lowest BCUT2D eigenvalue weighted by Crippen LogP contribution is -2.28. The van der Waals surface area contributed by atoms with Gasteiger partial charge in [0.1, 0.15) is 0 Å². The van der Waals surface area contributed by atoms with Crippen LogP contribution in [0.1, 0.15) is 43.4 Å². The van der Waals surface area contributed by atoms with Gasteiger partial charge in [-0.15, -0.1) is 0 Å². The van der Waals surface area contributed by atoms with Crippen LogP contribution in [0.2, 0.25) is 0 Å². The zero-order valence-corrected chi connectivity index (χ0v) is 11.0. The first-order chi connectivity index (χ1) is 8.83. The summed E-state index contributed by atoms with van der Waals surface area (Å²) in [6.07, 6.45) is 5.05. The molecule has 0 amide bonds. The zero-order chi connectivity index (χ0) is 12.4. The molecule has 1 aliphatic carbocycles. The van der Waals surface area contributed by atoms with E-state index in [0.717, 1.165) is 44.5 Å². The lowest BCUT2D eigenvalue weighted by atomic mass is 10.2. The second-order valence-electron chi connectivity index (χ2n) is 5.38. The highest BCUT2D eigenvalue weighted by Gasteiger charge is 2.29. The van der Waals surface area contributed by atoms with E-state index in [-0.39, 0.29) is 0 Å². The Morgan fingerprint density at radius 1 is 1.39 bits per heavy atom. The van der Waals surface area contributed by atoms with Gasteiger partial charge in [-0.25, -0.2) is 0 Å². The van der Waals surface area contributed by atoms with Crippen LogP contribution in [0.15, 0.2) is 4.52 Å². The average Bonchev–Trinajstić information content (AvgIpc) is 2.89. The molecule has 0 bridgehead atoms. The summed E-state index contributed by atoms with van der Waals surface area (Å²) in [6.45, 7) is 5.70. The molecule has 1 aromatic heterocycles. The molecule has 3 rings (SSSR count). The van der Waals surface area contributed by atoms with Crippen molar-refractivity contribution in [2.75, 3.05) is 26.3 Å². The molecule has 0 N–H and O–H groups in total. The van der Waals surface area contributed by atoms with Crippen molar-refractivity contribution in [3.8, 4) is 0 Å². The maximum absolute atomic E-state index is 5.70. The highest BCUT2D eigenvalue weighted by Crippen LogP contribution is 2.30. The monoisotopic (exact) mass is 251 g/mol. The van der Waals surface area contributed by atoms with E-state index in [0.29, 0.717) is 11.9 Å². The van der Waals surface area contributed by atoms with Gasteiger partial charge >= 0.3 is 0 Å². The van der Waals surface area contributed by atoms with E-state index in [1.807, 2.05) is 6.92 Å². The Labute approximate surface area is 107 Å². The van der Waals surface area contributed by atoms with Crippen LogP contribution in [-0.4, -0.2) is 41.3 Å². The molecular formula is C13H21N3O2. The highest BCUT2D eigenvalue weighted by atomic mass is 16.5. The lowest BCUT2D eigenvalue weighted by Gasteiger charge is -2.21. The van der Waals surface area contributed by atoms with Crippen LogP contribution in [0.25, 0.3) is 0 Å². The summed E-state index contributed by atoms with van der Waals surface area (Å²) in [4.78, 5) is 6.76. The van der Waals surface area contributed by atoms with Crippen LogP contribution in [-0.2, 0) is 4.74 Å².